The Morgan fingerprint density at radius 3 is 2.31 bits per heavy atom. The van der Waals surface area contributed by atoms with Crippen LogP contribution in [0.4, 0.5) is 13.2 Å². The minimum absolute atomic E-state index is 0. The van der Waals surface area contributed by atoms with Crippen molar-refractivity contribution >= 4 is 25.9 Å². The summed E-state index contributed by atoms with van der Waals surface area (Å²) in [5.74, 6) is -0.487. The number of alkyl halides is 3. The Labute approximate surface area is 216 Å². The molecule has 36 heavy (non-hydrogen) atoms. The molecule has 0 saturated heterocycles. The van der Waals surface area contributed by atoms with Crippen molar-refractivity contribution in [2.45, 2.75) is 59.3 Å². The highest BCUT2D eigenvalue weighted by Crippen LogP contribution is 2.28. The summed E-state index contributed by atoms with van der Waals surface area (Å²) >= 11 is 0. The van der Waals surface area contributed by atoms with Gasteiger partial charge in [-0.3, -0.25) is 4.79 Å². The highest BCUT2D eigenvalue weighted by molar-refractivity contribution is 7.17. The van der Waals surface area contributed by atoms with Gasteiger partial charge in [0.25, 0.3) is 12.3 Å². The monoisotopic (exact) mass is 520 g/mol. The summed E-state index contributed by atoms with van der Waals surface area (Å²) in [6.07, 6.45) is -0.481. The SMILES string of the molecule is C.CCC(C)c1cccc2cc(C(=O)NCCCNCC(F)P)ccc12.Cc1ccc(C(F)F)cc1. The molecule has 0 aliphatic carbocycles. The van der Waals surface area contributed by atoms with Crippen LogP contribution >= 0.6 is 9.24 Å². The molecule has 0 heterocycles. The van der Waals surface area contributed by atoms with E-state index in [1.807, 2.05) is 25.1 Å². The zero-order chi connectivity index (χ0) is 25.8. The second-order valence-corrected chi connectivity index (χ2v) is 9.36. The molecule has 0 fully saturated rings. The first-order chi connectivity index (χ1) is 16.7. The zero-order valence-electron chi connectivity index (χ0n) is 20.7. The lowest BCUT2D eigenvalue weighted by molar-refractivity contribution is 0.0953. The van der Waals surface area contributed by atoms with Crippen LogP contribution in [0.2, 0.25) is 0 Å². The van der Waals surface area contributed by atoms with Crippen molar-refractivity contribution in [3.63, 3.8) is 0 Å². The van der Waals surface area contributed by atoms with E-state index < -0.39 is 12.3 Å². The van der Waals surface area contributed by atoms with Crippen LogP contribution < -0.4 is 10.6 Å². The molecule has 3 atom stereocenters. The summed E-state index contributed by atoms with van der Waals surface area (Å²) in [7, 11) is 2.11. The Hall–Kier alpha value is -2.43. The van der Waals surface area contributed by atoms with E-state index in [1.54, 1.807) is 12.1 Å². The predicted octanol–water partition coefficient (Wildman–Crippen LogP) is 7.80. The smallest absolute Gasteiger partial charge is 0.263 e. The standard InChI is InChI=1S/C20H28FN2OP.C8H8F2.CH4/c1-3-14(2)17-7-4-6-15-12-16(8-9-18(15)17)20(24)23-11-5-10-22-13-19(21)25;1-6-2-4-7(5-3-6)8(9)10;/h4,6-9,12,14,19,22H,3,5,10-11,13,25H2,1-2H3,(H,23,24);2-5,8H,1H3;1H4. The maximum absolute atomic E-state index is 12.6. The first-order valence-corrected chi connectivity index (χ1v) is 12.7. The van der Waals surface area contributed by atoms with Gasteiger partial charge >= 0.3 is 0 Å². The second-order valence-electron chi connectivity index (χ2n) is 8.63. The number of benzene rings is 3. The lowest BCUT2D eigenvalue weighted by Gasteiger charge is -2.13. The Bertz CT molecular complexity index is 1060. The molecular weight excluding hydrogens is 480 g/mol. The van der Waals surface area contributed by atoms with E-state index in [4.69, 9.17) is 0 Å². The number of rotatable bonds is 10. The molecular formula is C29H40F3N2OP. The maximum Gasteiger partial charge on any atom is 0.263 e. The molecule has 3 rings (SSSR count). The summed E-state index contributed by atoms with van der Waals surface area (Å²) in [6.45, 7) is 7.87. The summed E-state index contributed by atoms with van der Waals surface area (Å²) in [6, 6.07) is 18.4. The summed E-state index contributed by atoms with van der Waals surface area (Å²) in [4.78, 5) is 12.3. The molecule has 7 heteroatoms. The Morgan fingerprint density at radius 1 is 1.00 bits per heavy atom. The highest BCUT2D eigenvalue weighted by Gasteiger charge is 2.10. The molecule has 2 N–H and O–H groups in total. The lowest BCUT2D eigenvalue weighted by atomic mass is 9.92. The highest BCUT2D eigenvalue weighted by atomic mass is 31.0. The number of carbonyl (C=O) groups is 1. The van der Waals surface area contributed by atoms with Crippen LogP contribution in [0, 0.1) is 6.92 Å². The number of amides is 1. The van der Waals surface area contributed by atoms with Gasteiger partial charge in [-0.1, -0.05) is 84.6 Å². The number of nitrogens with one attached hydrogen (secondary N) is 2. The van der Waals surface area contributed by atoms with Gasteiger partial charge < -0.3 is 10.6 Å². The number of carbonyl (C=O) groups excluding carboxylic acids is 1. The average Bonchev–Trinajstić information content (AvgIpc) is 2.85. The summed E-state index contributed by atoms with van der Waals surface area (Å²) in [5.41, 5.74) is 3.10. The number of aryl methyl sites for hydroxylation is 1. The van der Waals surface area contributed by atoms with Crippen molar-refractivity contribution in [2.75, 3.05) is 19.6 Å². The third-order valence-electron chi connectivity index (χ3n) is 5.80. The number of hydrogen-bond acceptors (Lipinski definition) is 2. The van der Waals surface area contributed by atoms with Gasteiger partial charge in [-0.25, -0.2) is 13.2 Å². The third kappa shape index (κ3) is 10.3. The molecule has 1 amide bonds. The van der Waals surface area contributed by atoms with Crippen LogP contribution in [0.25, 0.3) is 10.8 Å². The molecule has 3 aromatic rings. The molecule has 3 nitrogen and oxygen atoms in total. The fourth-order valence-electron chi connectivity index (χ4n) is 3.57. The van der Waals surface area contributed by atoms with Crippen LogP contribution in [-0.4, -0.2) is 31.5 Å². The van der Waals surface area contributed by atoms with E-state index in [2.05, 4.69) is 51.9 Å². The molecule has 0 spiro atoms. The quantitative estimate of drug-likeness (QED) is 0.212. The van der Waals surface area contributed by atoms with Gasteiger partial charge in [-0.05, 0) is 60.7 Å². The van der Waals surface area contributed by atoms with Gasteiger partial charge in [0.1, 0.15) is 5.91 Å². The largest absolute Gasteiger partial charge is 0.352 e. The molecule has 0 aliphatic rings. The summed E-state index contributed by atoms with van der Waals surface area (Å²) < 4.78 is 36.4. The molecule has 3 unspecified atom stereocenters. The van der Waals surface area contributed by atoms with E-state index >= 15 is 0 Å². The lowest BCUT2D eigenvalue weighted by Crippen LogP contribution is -2.28. The summed E-state index contributed by atoms with van der Waals surface area (Å²) in [5, 5.41) is 8.24. The fourth-order valence-corrected chi connectivity index (χ4v) is 3.74. The van der Waals surface area contributed by atoms with Crippen molar-refractivity contribution in [1.82, 2.24) is 10.6 Å². The van der Waals surface area contributed by atoms with E-state index in [-0.39, 0.29) is 18.9 Å². The van der Waals surface area contributed by atoms with Gasteiger partial charge in [-0.2, -0.15) is 0 Å². The van der Waals surface area contributed by atoms with Gasteiger partial charge in [0.15, 0.2) is 0 Å². The van der Waals surface area contributed by atoms with Crippen molar-refractivity contribution in [3.05, 3.63) is 82.9 Å². The Balaban J connectivity index is 0.000000495. The van der Waals surface area contributed by atoms with Crippen molar-refractivity contribution in [2.24, 2.45) is 0 Å². The molecule has 0 aromatic heterocycles. The number of halogens is 3. The molecule has 0 saturated carbocycles. The van der Waals surface area contributed by atoms with Gasteiger partial charge in [0.05, 0.1) is 0 Å². The molecule has 198 valence electrons. The van der Waals surface area contributed by atoms with E-state index in [1.165, 1.54) is 23.1 Å². The Morgan fingerprint density at radius 2 is 1.69 bits per heavy atom. The number of hydrogen-bond donors (Lipinski definition) is 2. The number of fused-ring (bicyclic) bond motifs is 1. The fraction of sp³-hybridized carbons (Fsp3) is 0.414. The normalized spacial score (nSPS) is 12.3. The average molecular weight is 521 g/mol. The van der Waals surface area contributed by atoms with E-state index in [0.29, 0.717) is 31.1 Å². The van der Waals surface area contributed by atoms with Crippen LogP contribution in [0.5, 0.6) is 0 Å². The van der Waals surface area contributed by atoms with Crippen molar-refractivity contribution in [3.8, 4) is 0 Å². The molecule has 3 aromatic carbocycles. The van der Waals surface area contributed by atoms with Gasteiger partial charge in [0.2, 0.25) is 0 Å². The molecule has 0 aliphatic heterocycles. The first-order valence-electron chi connectivity index (χ1n) is 12.0. The minimum Gasteiger partial charge on any atom is -0.352 e. The van der Waals surface area contributed by atoms with Gasteiger partial charge in [0, 0.05) is 24.2 Å². The second kappa shape index (κ2) is 16.3. The minimum atomic E-state index is -2.35. The van der Waals surface area contributed by atoms with Crippen molar-refractivity contribution < 1.29 is 18.0 Å². The molecule has 0 radical (unpaired) electrons. The van der Waals surface area contributed by atoms with Gasteiger partial charge in [-0.15, -0.1) is 0 Å². The third-order valence-corrected chi connectivity index (χ3v) is 6.04. The van der Waals surface area contributed by atoms with E-state index in [0.717, 1.165) is 23.8 Å². The van der Waals surface area contributed by atoms with Crippen LogP contribution in [0.3, 0.4) is 0 Å². The Kier molecular flexibility index (Phi) is 14.3. The maximum atomic E-state index is 12.6. The van der Waals surface area contributed by atoms with Crippen molar-refractivity contribution in [1.29, 1.82) is 0 Å². The zero-order valence-corrected chi connectivity index (χ0v) is 21.8. The predicted molar refractivity (Wildman–Crippen MR) is 150 cm³/mol. The van der Waals surface area contributed by atoms with Crippen LogP contribution in [-0.2, 0) is 0 Å². The van der Waals surface area contributed by atoms with Crippen LogP contribution in [0.15, 0.2) is 60.7 Å². The molecule has 0 bridgehead atoms. The first kappa shape index (κ1) is 31.6. The van der Waals surface area contributed by atoms with Crippen LogP contribution in [0.1, 0.15) is 73.5 Å². The topological polar surface area (TPSA) is 41.1 Å². The van der Waals surface area contributed by atoms with E-state index in [9.17, 15) is 18.0 Å².